The van der Waals surface area contributed by atoms with Gasteiger partial charge in [0.05, 0.1) is 6.42 Å². The van der Waals surface area contributed by atoms with E-state index in [-0.39, 0.29) is 13.0 Å². The summed E-state index contributed by atoms with van der Waals surface area (Å²) in [7, 11) is 0. The Bertz CT molecular complexity index is 241. The van der Waals surface area contributed by atoms with Crippen LogP contribution in [0.5, 0.6) is 0 Å². The van der Waals surface area contributed by atoms with Gasteiger partial charge in [0, 0.05) is 12.2 Å². The van der Waals surface area contributed by atoms with E-state index in [4.69, 9.17) is 10.2 Å². The molecular formula is C7H8O6. The number of ether oxygens (including phenoxy) is 1. The van der Waals surface area contributed by atoms with Crippen molar-refractivity contribution in [2.75, 3.05) is 6.61 Å². The Morgan fingerprint density at radius 3 is 2.23 bits per heavy atom. The van der Waals surface area contributed by atoms with E-state index < -0.39 is 17.9 Å². The van der Waals surface area contributed by atoms with Crippen LogP contribution in [0.25, 0.3) is 0 Å². The number of esters is 1. The lowest BCUT2D eigenvalue weighted by atomic mass is 10.4. The second-order valence-electron chi connectivity index (χ2n) is 1.98. The van der Waals surface area contributed by atoms with Crippen LogP contribution in [-0.2, 0) is 19.1 Å². The van der Waals surface area contributed by atoms with E-state index in [2.05, 4.69) is 4.74 Å². The molecule has 0 aromatic rings. The summed E-state index contributed by atoms with van der Waals surface area (Å²) in [5.74, 6) is -3.23. The fourth-order valence-electron chi connectivity index (χ4n) is 0.426. The van der Waals surface area contributed by atoms with E-state index >= 15 is 0 Å². The van der Waals surface area contributed by atoms with E-state index in [0.29, 0.717) is 12.2 Å². The third kappa shape index (κ3) is 8.05. The van der Waals surface area contributed by atoms with Crippen LogP contribution in [0.3, 0.4) is 0 Å². The number of hydrogen-bond acceptors (Lipinski definition) is 4. The molecule has 0 unspecified atom stereocenters. The maximum atomic E-state index is 10.6. The molecule has 0 saturated carbocycles. The molecule has 0 amide bonds. The van der Waals surface area contributed by atoms with Gasteiger partial charge >= 0.3 is 17.9 Å². The van der Waals surface area contributed by atoms with Gasteiger partial charge in [-0.15, -0.1) is 0 Å². The minimum absolute atomic E-state index is 0.266. The first-order valence-corrected chi connectivity index (χ1v) is 3.32. The Balaban J connectivity index is 3.64. The Morgan fingerprint density at radius 2 is 1.77 bits per heavy atom. The van der Waals surface area contributed by atoms with Gasteiger partial charge in [0.1, 0.15) is 6.61 Å². The Kier molecular flexibility index (Phi) is 4.94. The lowest BCUT2D eigenvalue weighted by Crippen LogP contribution is -2.07. The Labute approximate surface area is 73.4 Å². The number of carboxylic acid groups (broad SMARTS) is 2. The number of carbonyl (C=O) groups is 3. The van der Waals surface area contributed by atoms with Crippen LogP contribution in [0, 0.1) is 0 Å². The molecule has 13 heavy (non-hydrogen) atoms. The molecule has 0 fully saturated rings. The highest BCUT2D eigenvalue weighted by Crippen LogP contribution is 1.86. The molecule has 2 N–H and O–H groups in total. The maximum absolute atomic E-state index is 10.6. The third-order valence-corrected chi connectivity index (χ3v) is 0.922. The summed E-state index contributed by atoms with van der Waals surface area (Å²) < 4.78 is 4.33. The minimum atomic E-state index is -1.27. The average molecular weight is 188 g/mol. The van der Waals surface area contributed by atoms with Crippen molar-refractivity contribution in [1.82, 2.24) is 0 Å². The van der Waals surface area contributed by atoms with Crippen molar-refractivity contribution in [3.8, 4) is 0 Å². The molecule has 0 bridgehead atoms. The zero-order valence-electron chi connectivity index (χ0n) is 6.60. The fraction of sp³-hybridized carbons (Fsp3) is 0.286. The normalized spacial score (nSPS) is 9.85. The van der Waals surface area contributed by atoms with E-state index in [1.807, 2.05) is 0 Å². The summed E-state index contributed by atoms with van der Waals surface area (Å²) in [6.45, 7) is -0.266. The predicted molar refractivity (Wildman–Crippen MR) is 40.0 cm³/mol. The van der Waals surface area contributed by atoms with Crippen molar-refractivity contribution in [3.63, 3.8) is 0 Å². The van der Waals surface area contributed by atoms with Gasteiger partial charge in [0.2, 0.25) is 0 Å². The lowest BCUT2D eigenvalue weighted by molar-refractivity contribution is -0.143. The third-order valence-electron chi connectivity index (χ3n) is 0.922. The number of carboxylic acids is 2. The standard InChI is InChI=1S/C7H8O6/c8-5(9)1-2-7(12)13-4-3-6(10)11/h1-2H,3-4H2,(H,8,9)(H,10,11)/b2-1-. The molecule has 0 heterocycles. The molecule has 6 heteroatoms. The van der Waals surface area contributed by atoms with Crippen molar-refractivity contribution < 1.29 is 29.3 Å². The summed E-state index contributed by atoms with van der Waals surface area (Å²) in [5.41, 5.74) is 0. The second-order valence-corrected chi connectivity index (χ2v) is 1.98. The number of carbonyl (C=O) groups excluding carboxylic acids is 1. The van der Waals surface area contributed by atoms with Gasteiger partial charge in [-0.3, -0.25) is 4.79 Å². The molecule has 0 aliphatic carbocycles. The second kappa shape index (κ2) is 5.76. The molecule has 0 aromatic heterocycles. The molecule has 6 nitrogen and oxygen atoms in total. The zero-order chi connectivity index (χ0) is 10.3. The molecule has 0 atom stereocenters. The van der Waals surface area contributed by atoms with Gasteiger partial charge in [-0.05, 0) is 0 Å². The van der Waals surface area contributed by atoms with Crippen LogP contribution >= 0.6 is 0 Å². The highest BCUT2D eigenvalue weighted by atomic mass is 16.5. The first-order valence-electron chi connectivity index (χ1n) is 3.32. The van der Waals surface area contributed by atoms with Crippen molar-refractivity contribution in [3.05, 3.63) is 12.2 Å². The van der Waals surface area contributed by atoms with Crippen LogP contribution in [0.1, 0.15) is 6.42 Å². The maximum Gasteiger partial charge on any atom is 0.331 e. The largest absolute Gasteiger partial charge is 0.481 e. The molecule has 0 spiro atoms. The van der Waals surface area contributed by atoms with Crippen molar-refractivity contribution in [1.29, 1.82) is 0 Å². The van der Waals surface area contributed by atoms with E-state index in [1.54, 1.807) is 0 Å². The molecule has 0 aromatic carbocycles. The van der Waals surface area contributed by atoms with E-state index in [9.17, 15) is 14.4 Å². The molecule has 0 rings (SSSR count). The quantitative estimate of drug-likeness (QED) is 0.451. The van der Waals surface area contributed by atoms with Gasteiger partial charge in [0.25, 0.3) is 0 Å². The smallest absolute Gasteiger partial charge is 0.331 e. The lowest BCUT2D eigenvalue weighted by Gasteiger charge is -1.96. The van der Waals surface area contributed by atoms with Gasteiger partial charge in [0.15, 0.2) is 0 Å². The zero-order valence-corrected chi connectivity index (χ0v) is 6.60. The van der Waals surface area contributed by atoms with Crippen molar-refractivity contribution >= 4 is 17.9 Å². The molecule has 0 radical (unpaired) electrons. The Hall–Kier alpha value is -1.85. The van der Waals surface area contributed by atoms with Crippen molar-refractivity contribution in [2.24, 2.45) is 0 Å². The van der Waals surface area contributed by atoms with Crippen molar-refractivity contribution in [2.45, 2.75) is 6.42 Å². The van der Waals surface area contributed by atoms with Crippen LogP contribution in [0.4, 0.5) is 0 Å². The first-order chi connectivity index (χ1) is 6.02. The number of hydrogen-bond donors (Lipinski definition) is 2. The highest BCUT2D eigenvalue weighted by molar-refractivity contribution is 5.90. The van der Waals surface area contributed by atoms with Crippen LogP contribution in [-0.4, -0.2) is 34.7 Å². The summed E-state index contributed by atoms with van der Waals surface area (Å²) >= 11 is 0. The number of rotatable bonds is 5. The SMILES string of the molecule is O=C(O)/C=C\C(=O)OCCC(=O)O. The van der Waals surface area contributed by atoms with Crippen LogP contribution in [0.2, 0.25) is 0 Å². The van der Waals surface area contributed by atoms with Gasteiger partial charge in [-0.25, -0.2) is 9.59 Å². The molecule has 72 valence electrons. The molecular weight excluding hydrogens is 180 g/mol. The fourth-order valence-corrected chi connectivity index (χ4v) is 0.426. The van der Waals surface area contributed by atoms with Crippen LogP contribution < -0.4 is 0 Å². The van der Waals surface area contributed by atoms with E-state index in [0.717, 1.165) is 0 Å². The topological polar surface area (TPSA) is 101 Å². The summed E-state index contributed by atoms with van der Waals surface area (Å²) in [6, 6.07) is 0. The monoisotopic (exact) mass is 188 g/mol. The minimum Gasteiger partial charge on any atom is -0.481 e. The molecule has 0 aliphatic heterocycles. The highest BCUT2D eigenvalue weighted by Gasteiger charge is 2.00. The molecule has 0 saturated heterocycles. The summed E-state index contributed by atoms with van der Waals surface area (Å²) in [6.07, 6.45) is 1.03. The van der Waals surface area contributed by atoms with Gasteiger partial charge in [-0.2, -0.15) is 0 Å². The predicted octanol–water partition coefficient (Wildman–Crippen LogP) is -0.355. The summed E-state index contributed by atoms with van der Waals surface area (Å²) in [4.78, 5) is 30.4. The number of aliphatic carboxylic acids is 2. The van der Waals surface area contributed by atoms with Gasteiger partial charge < -0.3 is 14.9 Å². The average Bonchev–Trinajstić information content (AvgIpc) is 2.00. The van der Waals surface area contributed by atoms with E-state index in [1.165, 1.54) is 0 Å². The van der Waals surface area contributed by atoms with Gasteiger partial charge in [-0.1, -0.05) is 0 Å². The molecule has 0 aliphatic rings. The summed E-state index contributed by atoms with van der Waals surface area (Å²) in [5, 5.41) is 16.2. The first kappa shape index (κ1) is 11.2. The van der Waals surface area contributed by atoms with Crippen LogP contribution in [0.15, 0.2) is 12.2 Å². The Morgan fingerprint density at radius 1 is 1.15 bits per heavy atom.